The lowest BCUT2D eigenvalue weighted by Crippen LogP contribution is -2.42. The van der Waals surface area contributed by atoms with Gasteiger partial charge in [-0.2, -0.15) is 0 Å². The number of anilines is 2. The van der Waals surface area contributed by atoms with Gasteiger partial charge >= 0.3 is 0 Å². The van der Waals surface area contributed by atoms with Crippen LogP contribution in [0.1, 0.15) is 44.6 Å². The van der Waals surface area contributed by atoms with E-state index in [0.29, 0.717) is 24.4 Å². The molecule has 2 aromatic heterocycles. The highest BCUT2D eigenvalue weighted by Crippen LogP contribution is 2.43. The van der Waals surface area contributed by atoms with Gasteiger partial charge in [0.25, 0.3) is 0 Å². The van der Waals surface area contributed by atoms with Gasteiger partial charge in [-0.25, -0.2) is 9.97 Å². The first-order valence-electron chi connectivity index (χ1n) is 13.6. The van der Waals surface area contributed by atoms with Gasteiger partial charge in [-0.15, -0.1) is 0 Å². The number of ether oxygens (including phenoxy) is 1. The SMILES string of the molecule is C=C(C)C(O)Nc1ccc(-c2c(C3=CC[C@H](C(=O)N4CCC[C@H]4COC)CC3)c3c(N)ncnc3n2C)cc1. The molecular weight excluding hydrogens is 492 g/mol. The molecule has 3 atom stereocenters. The largest absolute Gasteiger partial charge is 0.383 e. The van der Waals surface area contributed by atoms with E-state index in [1.54, 1.807) is 14.0 Å². The van der Waals surface area contributed by atoms with E-state index < -0.39 is 6.23 Å². The van der Waals surface area contributed by atoms with Crippen LogP contribution in [-0.2, 0) is 16.6 Å². The van der Waals surface area contributed by atoms with Crippen LogP contribution in [0.2, 0.25) is 0 Å². The molecule has 4 N–H and O–H groups in total. The van der Waals surface area contributed by atoms with Crippen LogP contribution in [0.15, 0.2) is 48.8 Å². The summed E-state index contributed by atoms with van der Waals surface area (Å²) in [6.07, 6.45) is 7.17. The van der Waals surface area contributed by atoms with Crippen molar-refractivity contribution in [3.05, 3.63) is 54.4 Å². The van der Waals surface area contributed by atoms with Crippen LogP contribution in [-0.4, -0.2) is 63.0 Å². The predicted molar refractivity (Wildman–Crippen MR) is 155 cm³/mol. The molecule has 3 heterocycles. The molecule has 1 aliphatic carbocycles. The fourth-order valence-electron chi connectivity index (χ4n) is 5.94. The monoisotopic (exact) mass is 530 g/mol. The Balaban J connectivity index is 1.48. The number of nitrogens with zero attached hydrogens (tertiary/aromatic N) is 4. The number of likely N-dealkylation sites (tertiary alicyclic amines) is 1. The Hall–Kier alpha value is -3.69. The third kappa shape index (κ3) is 5.16. The van der Waals surface area contributed by atoms with Gasteiger partial charge in [0.05, 0.1) is 23.7 Å². The van der Waals surface area contributed by atoms with Gasteiger partial charge in [-0.05, 0) is 67.9 Å². The summed E-state index contributed by atoms with van der Waals surface area (Å²) >= 11 is 0. The molecule has 2 aliphatic rings. The van der Waals surface area contributed by atoms with E-state index in [1.807, 2.05) is 36.2 Å². The Morgan fingerprint density at radius 3 is 2.72 bits per heavy atom. The summed E-state index contributed by atoms with van der Waals surface area (Å²) in [7, 11) is 3.69. The number of carbonyl (C=O) groups is 1. The van der Waals surface area contributed by atoms with Gasteiger partial charge < -0.3 is 30.4 Å². The van der Waals surface area contributed by atoms with Crippen molar-refractivity contribution < 1.29 is 14.6 Å². The summed E-state index contributed by atoms with van der Waals surface area (Å²) in [5.74, 6) is 0.660. The number of methoxy groups -OCH3 is 1. The fraction of sp³-hybridized carbons (Fsp3) is 0.433. The molecule has 0 radical (unpaired) electrons. The van der Waals surface area contributed by atoms with Gasteiger partial charge in [0, 0.05) is 37.9 Å². The molecule has 1 fully saturated rings. The minimum atomic E-state index is -0.813. The van der Waals surface area contributed by atoms with Gasteiger partial charge in [-0.1, -0.05) is 24.8 Å². The topological polar surface area (TPSA) is 119 Å². The number of hydrogen-bond acceptors (Lipinski definition) is 7. The van der Waals surface area contributed by atoms with Crippen molar-refractivity contribution in [2.75, 3.05) is 31.3 Å². The van der Waals surface area contributed by atoms with E-state index in [4.69, 9.17) is 10.5 Å². The highest BCUT2D eigenvalue weighted by molar-refractivity contribution is 6.04. The maximum absolute atomic E-state index is 13.4. The van der Waals surface area contributed by atoms with Gasteiger partial charge in [0.1, 0.15) is 24.0 Å². The summed E-state index contributed by atoms with van der Waals surface area (Å²) in [5, 5.41) is 14.0. The van der Waals surface area contributed by atoms with Crippen LogP contribution in [0.4, 0.5) is 11.5 Å². The lowest BCUT2D eigenvalue weighted by Gasteiger charge is -2.30. The van der Waals surface area contributed by atoms with Crippen LogP contribution in [0, 0.1) is 5.92 Å². The molecule has 206 valence electrons. The highest BCUT2D eigenvalue weighted by atomic mass is 16.5. The second kappa shape index (κ2) is 11.2. The molecule has 0 saturated carbocycles. The lowest BCUT2D eigenvalue weighted by atomic mass is 9.84. The van der Waals surface area contributed by atoms with Crippen LogP contribution in [0.3, 0.4) is 0 Å². The Labute approximate surface area is 229 Å². The zero-order valence-electron chi connectivity index (χ0n) is 23.0. The number of fused-ring (bicyclic) bond motifs is 1. The molecule has 3 aromatic rings. The second-order valence-electron chi connectivity index (χ2n) is 10.7. The molecule has 39 heavy (non-hydrogen) atoms. The number of hydrogen-bond donors (Lipinski definition) is 3. The molecule has 9 nitrogen and oxygen atoms in total. The van der Waals surface area contributed by atoms with Crippen LogP contribution >= 0.6 is 0 Å². The summed E-state index contributed by atoms with van der Waals surface area (Å²) < 4.78 is 7.42. The van der Waals surface area contributed by atoms with E-state index in [1.165, 1.54) is 6.33 Å². The molecule has 5 rings (SSSR count). The van der Waals surface area contributed by atoms with Crippen LogP contribution < -0.4 is 11.1 Å². The molecule has 1 aromatic carbocycles. The van der Waals surface area contributed by atoms with Crippen molar-refractivity contribution in [3.63, 3.8) is 0 Å². The van der Waals surface area contributed by atoms with E-state index in [0.717, 1.165) is 71.3 Å². The molecular formula is C30H38N6O3. The van der Waals surface area contributed by atoms with Gasteiger partial charge in [-0.3, -0.25) is 4.79 Å². The van der Waals surface area contributed by atoms with E-state index in [-0.39, 0.29) is 17.9 Å². The van der Waals surface area contributed by atoms with Crippen molar-refractivity contribution in [1.29, 1.82) is 0 Å². The summed E-state index contributed by atoms with van der Waals surface area (Å²) in [4.78, 5) is 24.3. The first kappa shape index (κ1) is 26.9. The lowest BCUT2D eigenvalue weighted by molar-refractivity contribution is -0.137. The standard InChI is InChI=1S/C30H38N6O3/c1-18(2)29(37)34-22-13-11-20(12-14-22)26-24(25-27(31)32-17-33-28(25)35(26)3)19-7-9-21(10-8-19)30(38)36-15-5-6-23(36)16-39-4/h7,11-14,17,21,23,29,34,37H,1,5-6,8-10,15-16H2,2-4H3,(H2,31,32,33)/t21-,23-,29?/m0/s1. The highest BCUT2D eigenvalue weighted by Gasteiger charge is 2.34. The second-order valence-corrected chi connectivity index (χ2v) is 10.7. The van der Waals surface area contributed by atoms with Crippen molar-refractivity contribution in [2.24, 2.45) is 13.0 Å². The maximum Gasteiger partial charge on any atom is 0.226 e. The van der Waals surface area contributed by atoms with Crippen molar-refractivity contribution in [1.82, 2.24) is 19.4 Å². The van der Waals surface area contributed by atoms with Crippen LogP contribution in [0.5, 0.6) is 0 Å². The Kier molecular flexibility index (Phi) is 7.72. The number of nitrogens with one attached hydrogen (secondary N) is 1. The number of amides is 1. The summed E-state index contributed by atoms with van der Waals surface area (Å²) in [6.45, 7) is 6.99. The first-order chi connectivity index (χ1) is 18.8. The average Bonchev–Trinajstić information content (AvgIpc) is 3.52. The molecule has 1 unspecified atom stereocenters. The number of aromatic nitrogens is 3. The number of carbonyl (C=O) groups excluding carboxylic acids is 1. The molecule has 0 bridgehead atoms. The Morgan fingerprint density at radius 2 is 2.05 bits per heavy atom. The number of aliphatic hydroxyl groups excluding tert-OH is 1. The van der Waals surface area contributed by atoms with Crippen LogP contribution in [0.25, 0.3) is 27.9 Å². The molecule has 1 amide bonds. The normalized spacial score (nSPS) is 20.2. The molecule has 9 heteroatoms. The zero-order valence-corrected chi connectivity index (χ0v) is 23.0. The zero-order chi connectivity index (χ0) is 27.7. The van der Waals surface area contributed by atoms with Crippen molar-refractivity contribution >= 4 is 34.0 Å². The van der Waals surface area contributed by atoms with E-state index >= 15 is 0 Å². The average molecular weight is 531 g/mol. The third-order valence-electron chi connectivity index (χ3n) is 8.03. The third-order valence-corrected chi connectivity index (χ3v) is 8.03. The number of nitrogen functional groups attached to an aromatic ring is 1. The van der Waals surface area contributed by atoms with Gasteiger partial charge in [0.2, 0.25) is 5.91 Å². The van der Waals surface area contributed by atoms with E-state index in [9.17, 15) is 9.90 Å². The van der Waals surface area contributed by atoms with Crippen molar-refractivity contribution in [2.45, 2.75) is 51.3 Å². The minimum absolute atomic E-state index is 0.0247. The first-order valence-corrected chi connectivity index (χ1v) is 13.6. The number of benzene rings is 1. The quantitative estimate of drug-likeness (QED) is 0.293. The maximum atomic E-state index is 13.4. The molecule has 1 saturated heterocycles. The smallest absolute Gasteiger partial charge is 0.226 e. The predicted octanol–water partition coefficient (Wildman–Crippen LogP) is 4.34. The molecule has 1 aliphatic heterocycles. The summed E-state index contributed by atoms with van der Waals surface area (Å²) in [6, 6.07) is 8.10. The number of aryl methyl sites for hydroxylation is 1. The van der Waals surface area contributed by atoms with E-state index in [2.05, 4.69) is 32.5 Å². The number of nitrogens with two attached hydrogens (primary N) is 1. The number of allylic oxidation sites excluding steroid dienone is 2. The minimum Gasteiger partial charge on any atom is -0.383 e. The number of rotatable bonds is 8. The van der Waals surface area contributed by atoms with Gasteiger partial charge in [0.15, 0.2) is 0 Å². The molecule has 0 spiro atoms. The van der Waals surface area contributed by atoms with Crippen molar-refractivity contribution in [3.8, 4) is 11.3 Å². The number of aliphatic hydroxyl groups is 1. The fourth-order valence-corrected chi connectivity index (χ4v) is 5.94. The summed E-state index contributed by atoms with van der Waals surface area (Å²) in [5.41, 5.74) is 12.8. The Morgan fingerprint density at radius 1 is 1.28 bits per heavy atom. The Bertz CT molecular complexity index is 1410.